The third-order valence-electron chi connectivity index (χ3n) is 0.411. The molecule has 5 heteroatoms. The van der Waals surface area contributed by atoms with Crippen molar-refractivity contribution in [1.82, 2.24) is 5.32 Å². The SMILES string of the molecule is CNCOOB(C)O. The fourth-order valence-electron chi connectivity index (χ4n) is 0.191. The van der Waals surface area contributed by atoms with E-state index in [1.165, 1.54) is 6.82 Å². The van der Waals surface area contributed by atoms with Gasteiger partial charge in [-0.1, -0.05) is 0 Å². The van der Waals surface area contributed by atoms with E-state index >= 15 is 0 Å². The standard InChI is InChI=1S/C3H10BNO3/c1-4(6)8-7-3-5-2/h5-6H,3H2,1-2H3. The Morgan fingerprint density at radius 2 is 2.38 bits per heavy atom. The number of rotatable bonds is 4. The van der Waals surface area contributed by atoms with Crippen molar-refractivity contribution in [1.29, 1.82) is 0 Å². The topological polar surface area (TPSA) is 50.7 Å². The maximum atomic E-state index is 8.40. The maximum Gasteiger partial charge on any atom is 0.484 e. The third kappa shape index (κ3) is 5.90. The zero-order valence-electron chi connectivity index (χ0n) is 5.05. The van der Waals surface area contributed by atoms with E-state index in [1.54, 1.807) is 7.05 Å². The van der Waals surface area contributed by atoms with E-state index in [0.29, 0.717) is 0 Å². The molecule has 8 heavy (non-hydrogen) atoms. The maximum absolute atomic E-state index is 8.40. The van der Waals surface area contributed by atoms with Gasteiger partial charge in [0.2, 0.25) is 0 Å². The van der Waals surface area contributed by atoms with Crippen LogP contribution in [0.5, 0.6) is 0 Å². The first-order valence-electron chi connectivity index (χ1n) is 2.38. The molecular weight excluding hydrogens is 109 g/mol. The van der Waals surface area contributed by atoms with Crippen molar-refractivity contribution in [3.05, 3.63) is 0 Å². The summed E-state index contributed by atoms with van der Waals surface area (Å²) >= 11 is 0. The van der Waals surface area contributed by atoms with Crippen LogP contribution < -0.4 is 5.32 Å². The molecule has 0 heterocycles. The van der Waals surface area contributed by atoms with Crippen LogP contribution in [0.4, 0.5) is 0 Å². The molecule has 4 nitrogen and oxygen atoms in total. The van der Waals surface area contributed by atoms with Gasteiger partial charge in [0.1, 0.15) is 6.73 Å². The molecule has 0 saturated carbocycles. The summed E-state index contributed by atoms with van der Waals surface area (Å²) in [4.78, 5) is 8.66. The van der Waals surface area contributed by atoms with Crippen LogP contribution in [0.25, 0.3) is 0 Å². The number of hydrogen-bond donors (Lipinski definition) is 2. The average Bonchev–Trinajstić information content (AvgIpc) is 1.66. The van der Waals surface area contributed by atoms with E-state index in [4.69, 9.17) is 5.02 Å². The minimum atomic E-state index is -0.858. The van der Waals surface area contributed by atoms with E-state index in [-0.39, 0.29) is 6.73 Å². The van der Waals surface area contributed by atoms with Crippen molar-refractivity contribution in [2.45, 2.75) is 6.82 Å². The summed E-state index contributed by atoms with van der Waals surface area (Å²) < 4.78 is 0. The van der Waals surface area contributed by atoms with Gasteiger partial charge in [-0.2, -0.15) is 0 Å². The Hall–Kier alpha value is -0.0951. The highest BCUT2D eigenvalue weighted by Crippen LogP contribution is 1.77. The van der Waals surface area contributed by atoms with Crippen molar-refractivity contribution in [2.75, 3.05) is 13.8 Å². The fraction of sp³-hybridized carbons (Fsp3) is 1.00. The van der Waals surface area contributed by atoms with E-state index < -0.39 is 7.12 Å². The molecule has 0 radical (unpaired) electrons. The van der Waals surface area contributed by atoms with Crippen LogP contribution in [0.3, 0.4) is 0 Å². The Balaban J connectivity index is 2.72. The zero-order valence-corrected chi connectivity index (χ0v) is 5.05. The average molecular weight is 119 g/mol. The van der Waals surface area contributed by atoms with Crippen LogP contribution in [0.2, 0.25) is 6.82 Å². The molecule has 0 aromatic heterocycles. The van der Waals surface area contributed by atoms with Gasteiger partial charge in [0.15, 0.2) is 0 Å². The Kier molecular flexibility index (Phi) is 4.99. The zero-order chi connectivity index (χ0) is 6.41. The largest absolute Gasteiger partial charge is 0.484 e. The summed E-state index contributed by atoms with van der Waals surface area (Å²) in [5.74, 6) is 0. The van der Waals surface area contributed by atoms with Crippen molar-refractivity contribution in [2.24, 2.45) is 0 Å². The van der Waals surface area contributed by atoms with Gasteiger partial charge in [-0.3, -0.25) is 10.1 Å². The molecule has 0 aliphatic rings. The second-order valence-corrected chi connectivity index (χ2v) is 1.31. The third-order valence-corrected chi connectivity index (χ3v) is 0.411. The van der Waals surface area contributed by atoms with Gasteiger partial charge >= 0.3 is 7.12 Å². The molecule has 0 aliphatic carbocycles. The van der Waals surface area contributed by atoms with Crippen molar-refractivity contribution in [3.8, 4) is 0 Å². The minimum absolute atomic E-state index is 0.283. The van der Waals surface area contributed by atoms with E-state index in [9.17, 15) is 0 Å². The molecule has 0 atom stereocenters. The molecule has 0 aliphatic heterocycles. The predicted molar refractivity (Wildman–Crippen MR) is 29.9 cm³/mol. The lowest BCUT2D eigenvalue weighted by Gasteiger charge is -2.00. The van der Waals surface area contributed by atoms with Crippen LogP contribution in [0, 0.1) is 0 Å². The van der Waals surface area contributed by atoms with Crippen LogP contribution in [0.15, 0.2) is 0 Å². The van der Waals surface area contributed by atoms with Gasteiger partial charge in [0.05, 0.1) is 0 Å². The van der Waals surface area contributed by atoms with Crippen molar-refractivity contribution in [3.63, 3.8) is 0 Å². The van der Waals surface area contributed by atoms with Gasteiger partial charge in [0.25, 0.3) is 0 Å². The van der Waals surface area contributed by atoms with Crippen LogP contribution in [-0.4, -0.2) is 25.9 Å². The summed E-state index contributed by atoms with van der Waals surface area (Å²) in [5.41, 5.74) is 0. The van der Waals surface area contributed by atoms with Crippen LogP contribution in [0.1, 0.15) is 0 Å². The van der Waals surface area contributed by atoms with Gasteiger partial charge in [-0.25, -0.2) is 4.89 Å². The van der Waals surface area contributed by atoms with Crippen molar-refractivity contribution < 1.29 is 14.7 Å². The molecule has 0 amide bonds. The van der Waals surface area contributed by atoms with Crippen LogP contribution in [-0.2, 0) is 9.69 Å². The molecule has 0 saturated heterocycles. The smallest absolute Gasteiger partial charge is 0.426 e. The summed E-state index contributed by atoms with van der Waals surface area (Å²) in [5, 5.41) is 11.1. The molecule has 0 fully saturated rings. The lowest BCUT2D eigenvalue weighted by atomic mass is 9.98. The first kappa shape index (κ1) is 7.90. The number of nitrogens with one attached hydrogen (secondary N) is 1. The summed E-state index contributed by atoms with van der Waals surface area (Å²) in [6, 6.07) is 0. The number of hydrogen-bond acceptors (Lipinski definition) is 4. The highest BCUT2D eigenvalue weighted by atomic mass is 17.2. The quantitative estimate of drug-likeness (QED) is 0.167. The lowest BCUT2D eigenvalue weighted by Crippen LogP contribution is -2.18. The fourth-order valence-corrected chi connectivity index (χ4v) is 0.191. The second kappa shape index (κ2) is 5.05. The highest BCUT2D eigenvalue weighted by molar-refractivity contribution is 6.40. The Labute approximate surface area is 48.9 Å². The van der Waals surface area contributed by atoms with Gasteiger partial charge < -0.3 is 5.02 Å². The Morgan fingerprint density at radius 3 is 2.75 bits per heavy atom. The summed E-state index contributed by atoms with van der Waals surface area (Å²) in [6.45, 7) is 1.75. The molecule has 0 rings (SSSR count). The Bertz CT molecular complexity index is 51.8. The minimum Gasteiger partial charge on any atom is -0.426 e. The lowest BCUT2D eigenvalue weighted by molar-refractivity contribution is -0.226. The molecule has 2 N–H and O–H groups in total. The van der Waals surface area contributed by atoms with E-state index in [0.717, 1.165) is 0 Å². The first-order valence-corrected chi connectivity index (χ1v) is 2.38. The highest BCUT2D eigenvalue weighted by Gasteiger charge is 2.01. The summed E-state index contributed by atoms with van der Waals surface area (Å²) in [6.07, 6.45) is 0. The predicted octanol–water partition coefficient (Wildman–Crippen LogP) is -0.778. The summed E-state index contributed by atoms with van der Waals surface area (Å²) in [7, 11) is 0.856. The molecule has 0 aromatic carbocycles. The van der Waals surface area contributed by atoms with E-state index in [2.05, 4.69) is 15.0 Å². The van der Waals surface area contributed by atoms with Gasteiger partial charge in [-0.05, 0) is 13.9 Å². The first-order chi connectivity index (χ1) is 3.77. The van der Waals surface area contributed by atoms with Crippen LogP contribution >= 0.6 is 0 Å². The molecule has 48 valence electrons. The molecule has 0 spiro atoms. The monoisotopic (exact) mass is 119 g/mol. The van der Waals surface area contributed by atoms with Gasteiger partial charge in [-0.15, -0.1) is 0 Å². The van der Waals surface area contributed by atoms with Crippen molar-refractivity contribution >= 4 is 7.12 Å². The van der Waals surface area contributed by atoms with E-state index in [1.807, 2.05) is 0 Å². The molecular formula is C3H10BNO3. The molecule has 0 unspecified atom stereocenters. The van der Waals surface area contributed by atoms with Gasteiger partial charge in [0, 0.05) is 0 Å². The molecule has 0 aromatic rings. The Morgan fingerprint density at radius 1 is 1.75 bits per heavy atom. The normalized spacial score (nSPS) is 9.38. The molecule has 0 bridgehead atoms. The second-order valence-electron chi connectivity index (χ2n) is 1.31.